The molecule has 1 aliphatic rings. The molecule has 2 unspecified atom stereocenters. The Labute approximate surface area is 215 Å². The standard InChI is InChI=1S/C26H37N5O.HI/c1-20-10-12-23(13-11-20)24(30(3)4)18-29-26(27-2)28-17-22-16-25(32)31(19-22)15-14-21-8-6-5-7-9-21;/h5-13,22,24H,14-19H2,1-4H3,(H2,27,28,29);1H. The number of likely N-dealkylation sites (N-methyl/N-ethyl adjacent to an activating group) is 1. The van der Waals surface area contributed by atoms with Gasteiger partial charge in [0.15, 0.2) is 5.96 Å². The van der Waals surface area contributed by atoms with Gasteiger partial charge >= 0.3 is 0 Å². The first-order chi connectivity index (χ1) is 15.5. The van der Waals surface area contributed by atoms with E-state index in [1.807, 2.05) is 23.1 Å². The zero-order chi connectivity index (χ0) is 22.9. The number of nitrogens with one attached hydrogen (secondary N) is 2. The van der Waals surface area contributed by atoms with Crippen LogP contribution in [0.25, 0.3) is 0 Å². The third-order valence-corrected chi connectivity index (χ3v) is 6.14. The Balaban J connectivity index is 0.00000385. The number of likely N-dealkylation sites (tertiary alicyclic amines) is 1. The average Bonchev–Trinajstić information content (AvgIpc) is 3.15. The number of halogens is 1. The van der Waals surface area contributed by atoms with Gasteiger partial charge in [0.2, 0.25) is 5.91 Å². The van der Waals surface area contributed by atoms with Crippen LogP contribution in [-0.2, 0) is 11.2 Å². The van der Waals surface area contributed by atoms with Gasteiger partial charge in [0.05, 0.1) is 6.04 Å². The number of benzene rings is 2. The van der Waals surface area contributed by atoms with Crippen molar-refractivity contribution in [3.05, 3.63) is 71.3 Å². The van der Waals surface area contributed by atoms with Crippen LogP contribution in [0.2, 0.25) is 0 Å². The molecule has 0 radical (unpaired) electrons. The van der Waals surface area contributed by atoms with E-state index < -0.39 is 0 Å². The zero-order valence-corrected chi connectivity index (χ0v) is 22.6. The molecule has 0 spiro atoms. The summed E-state index contributed by atoms with van der Waals surface area (Å²) in [4.78, 5) is 21.0. The Kier molecular flexibility index (Phi) is 11.1. The fourth-order valence-electron chi connectivity index (χ4n) is 4.16. The van der Waals surface area contributed by atoms with E-state index in [9.17, 15) is 4.79 Å². The number of hydrogen-bond acceptors (Lipinski definition) is 3. The van der Waals surface area contributed by atoms with Crippen LogP contribution in [0.15, 0.2) is 59.6 Å². The van der Waals surface area contributed by atoms with Crippen molar-refractivity contribution in [1.82, 2.24) is 20.4 Å². The second kappa shape index (κ2) is 13.5. The van der Waals surface area contributed by atoms with Gasteiger partial charge in [-0.15, -0.1) is 24.0 Å². The molecular weight excluding hydrogens is 525 g/mol. The van der Waals surface area contributed by atoms with Crippen LogP contribution in [0, 0.1) is 12.8 Å². The van der Waals surface area contributed by atoms with E-state index in [4.69, 9.17) is 0 Å². The summed E-state index contributed by atoms with van der Waals surface area (Å²) >= 11 is 0. The van der Waals surface area contributed by atoms with Gasteiger partial charge in [-0.1, -0.05) is 60.2 Å². The summed E-state index contributed by atoms with van der Waals surface area (Å²) in [7, 11) is 5.98. The first kappa shape index (κ1) is 27.1. The van der Waals surface area contributed by atoms with Crippen molar-refractivity contribution in [2.45, 2.75) is 25.8 Å². The highest BCUT2D eigenvalue weighted by molar-refractivity contribution is 14.0. The minimum absolute atomic E-state index is 0. The lowest BCUT2D eigenvalue weighted by atomic mass is 10.0. The first-order valence-electron chi connectivity index (χ1n) is 11.5. The number of aliphatic imine (C=N–C) groups is 1. The molecule has 0 aliphatic carbocycles. The van der Waals surface area contributed by atoms with Gasteiger partial charge in [-0.3, -0.25) is 9.79 Å². The average molecular weight is 564 g/mol. The van der Waals surface area contributed by atoms with E-state index in [0.29, 0.717) is 12.3 Å². The maximum absolute atomic E-state index is 12.4. The lowest BCUT2D eigenvalue weighted by Gasteiger charge is -2.26. The number of nitrogens with zero attached hydrogens (tertiary/aromatic N) is 3. The summed E-state index contributed by atoms with van der Waals surface area (Å²) in [6, 6.07) is 19.3. The van der Waals surface area contributed by atoms with Crippen molar-refractivity contribution < 1.29 is 4.79 Å². The molecule has 0 aromatic heterocycles. The second-order valence-electron chi connectivity index (χ2n) is 8.87. The highest BCUT2D eigenvalue weighted by Crippen LogP contribution is 2.19. The molecule has 180 valence electrons. The highest BCUT2D eigenvalue weighted by atomic mass is 127. The van der Waals surface area contributed by atoms with Crippen LogP contribution in [0.1, 0.15) is 29.2 Å². The van der Waals surface area contributed by atoms with Gasteiger partial charge in [0, 0.05) is 45.6 Å². The molecule has 1 amide bonds. The Morgan fingerprint density at radius 2 is 1.82 bits per heavy atom. The number of carbonyl (C=O) groups excluding carboxylic acids is 1. The topological polar surface area (TPSA) is 60.0 Å². The molecule has 33 heavy (non-hydrogen) atoms. The summed E-state index contributed by atoms with van der Waals surface area (Å²) < 4.78 is 0. The van der Waals surface area contributed by atoms with Gasteiger partial charge < -0.3 is 20.4 Å². The lowest BCUT2D eigenvalue weighted by molar-refractivity contribution is -0.127. The SMILES string of the molecule is CN=C(NCC1CC(=O)N(CCc2ccccc2)C1)NCC(c1ccc(C)cc1)N(C)C.I. The highest BCUT2D eigenvalue weighted by Gasteiger charge is 2.29. The molecule has 2 aromatic rings. The summed E-state index contributed by atoms with van der Waals surface area (Å²) in [5.74, 6) is 1.33. The molecular formula is C26H38IN5O. The Hall–Kier alpha value is -2.13. The largest absolute Gasteiger partial charge is 0.356 e. The Morgan fingerprint density at radius 3 is 2.45 bits per heavy atom. The van der Waals surface area contributed by atoms with Gasteiger partial charge in [0.1, 0.15) is 0 Å². The maximum Gasteiger partial charge on any atom is 0.223 e. The lowest BCUT2D eigenvalue weighted by Crippen LogP contribution is -2.43. The van der Waals surface area contributed by atoms with Crippen molar-refractivity contribution in [3.8, 4) is 0 Å². The molecule has 2 N–H and O–H groups in total. The van der Waals surface area contributed by atoms with Crippen LogP contribution < -0.4 is 10.6 Å². The minimum Gasteiger partial charge on any atom is -0.356 e. The number of rotatable bonds is 9. The summed E-state index contributed by atoms with van der Waals surface area (Å²) in [5, 5.41) is 6.88. The monoisotopic (exact) mass is 563 g/mol. The molecule has 3 rings (SSSR count). The van der Waals surface area contributed by atoms with Crippen molar-refractivity contribution in [3.63, 3.8) is 0 Å². The molecule has 1 aliphatic heterocycles. The molecule has 1 fully saturated rings. The predicted octanol–water partition coefficient (Wildman–Crippen LogP) is 3.47. The van der Waals surface area contributed by atoms with Crippen molar-refractivity contribution in [1.29, 1.82) is 0 Å². The van der Waals surface area contributed by atoms with Crippen molar-refractivity contribution in [2.24, 2.45) is 10.9 Å². The molecule has 1 saturated heterocycles. The molecule has 1 heterocycles. The van der Waals surface area contributed by atoms with E-state index in [-0.39, 0.29) is 35.9 Å². The van der Waals surface area contributed by atoms with E-state index in [1.165, 1.54) is 16.7 Å². The minimum atomic E-state index is 0. The van der Waals surface area contributed by atoms with Crippen molar-refractivity contribution in [2.75, 3.05) is 47.3 Å². The number of aryl methyl sites for hydroxylation is 1. The second-order valence-corrected chi connectivity index (χ2v) is 8.87. The third-order valence-electron chi connectivity index (χ3n) is 6.14. The molecule has 7 heteroatoms. The van der Waals surface area contributed by atoms with Crippen LogP contribution in [0.5, 0.6) is 0 Å². The summed E-state index contributed by atoms with van der Waals surface area (Å²) in [6.07, 6.45) is 1.50. The summed E-state index contributed by atoms with van der Waals surface area (Å²) in [5.41, 5.74) is 3.81. The number of hydrogen-bond donors (Lipinski definition) is 2. The van der Waals surface area contributed by atoms with Gasteiger partial charge in [-0.05, 0) is 38.6 Å². The normalized spacial score (nSPS) is 17.1. The molecule has 0 saturated carbocycles. The maximum atomic E-state index is 12.4. The molecule has 2 atom stereocenters. The smallest absolute Gasteiger partial charge is 0.223 e. The zero-order valence-electron chi connectivity index (χ0n) is 20.3. The van der Waals surface area contributed by atoms with E-state index in [1.54, 1.807) is 7.05 Å². The molecule has 6 nitrogen and oxygen atoms in total. The van der Waals surface area contributed by atoms with Crippen LogP contribution >= 0.6 is 24.0 Å². The third kappa shape index (κ3) is 8.30. The van der Waals surface area contributed by atoms with E-state index in [0.717, 1.165) is 38.6 Å². The van der Waals surface area contributed by atoms with Crippen molar-refractivity contribution >= 4 is 35.8 Å². The number of carbonyl (C=O) groups is 1. The Morgan fingerprint density at radius 1 is 1.12 bits per heavy atom. The fraction of sp³-hybridized carbons (Fsp3) is 0.462. The predicted molar refractivity (Wildman–Crippen MR) is 147 cm³/mol. The van der Waals surface area contributed by atoms with Gasteiger partial charge in [0.25, 0.3) is 0 Å². The van der Waals surface area contributed by atoms with E-state index in [2.05, 4.69) is 77.9 Å². The summed E-state index contributed by atoms with van der Waals surface area (Å²) in [6.45, 7) is 5.19. The number of guanidine groups is 1. The first-order valence-corrected chi connectivity index (χ1v) is 11.5. The Bertz CT molecular complexity index is 885. The van der Waals surface area contributed by atoms with Crippen LogP contribution in [0.4, 0.5) is 0 Å². The van der Waals surface area contributed by atoms with Crippen LogP contribution in [-0.4, -0.2) is 69.0 Å². The molecule has 2 aromatic carbocycles. The number of amides is 1. The van der Waals surface area contributed by atoms with Crippen LogP contribution in [0.3, 0.4) is 0 Å². The fourth-order valence-corrected chi connectivity index (χ4v) is 4.16. The molecule has 0 bridgehead atoms. The quantitative estimate of drug-likeness (QED) is 0.279. The van der Waals surface area contributed by atoms with Gasteiger partial charge in [-0.2, -0.15) is 0 Å². The van der Waals surface area contributed by atoms with Gasteiger partial charge in [-0.25, -0.2) is 0 Å². The van der Waals surface area contributed by atoms with E-state index >= 15 is 0 Å².